The van der Waals surface area contributed by atoms with E-state index in [1.165, 1.54) is 7.11 Å². The molecule has 15 heavy (non-hydrogen) atoms. The zero-order valence-electron chi connectivity index (χ0n) is 8.71. The smallest absolute Gasteiger partial charge is 0.150 e. The fourth-order valence-corrected chi connectivity index (χ4v) is 1.45. The van der Waals surface area contributed by atoms with Gasteiger partial charge in [-0.3, -0.25) is 4.79 Å². The maximum Gasteiger partial charge on any atom is 0.150 e. The highest BCUT2D eigenvalue weighted by molar-refractivity contribution is 9.10. The summed E-state index contributed by atoms with van der Waals surface area (Å²) in [6.07, 6.45) is 0.740. The Morgan fingerprint density at radius 1 is 1.33 bits per heavy atom. The number of methoxy groups -OCH3 is 2. The zero-order valence-corrected chi connectivity index (χ0v) is 11.1. The molecule has 0 heterocycles. The van der Waals surface area contributed by atoms with Crippen LogP contribution in [0, 0.1) is 0 Å². The molecule has 3 nitrogen and oxygen atoms in total. The van der Waals surface area contributed by atoms with E-state index in [2.05, 4.69) is 20.7 Å². The van der Waals surface area contributed by atoms with Gasteiger partial charge in [-0.05, 0) is 28.1 Å². The molecule has 1 aromatic rings. The lowest BCUT2D eigenvalue weighted by Crippen LogP contribution is -1.88. The zero-order chi connectivity index (χ0) is 11.8. The van der Waals surface area contributed by atoms with Crippen LogP contribution in [0.1, 0.15) is 10.4 Å². The maximum atomic E-state index is 10.4. The number of carbonyl (C=O) groups is 1. The van der Waals surface area contributed by atoms with E-state index in [1.807, 2.05) is 0 Å². The normalized spacial score (nSPS) is 8.87. The van der Waals surface area contributed by atoms with Gasteiger partial charge >= 0.3 is 0 Å². The Bertz CT molecular complexity index is 329. The van der Waals surface area contributed by atoms with E-state index < -0.39 is 0 Å². The number of rotatable bonds is 2. The van der Waals surface area contributed by atoms with Gasteiger partial charge < -0.3 is 9.47 Å². The molecular weight excluding hydrogens is 283 g/mol. The SMILES string of the molecule is COC.COc1cc(C=O)cc(Br)c1Cl. The summed E-state index contributed by atoms with van der Waals surface area (Å²) in [6, 6.07) is 3.22. The predicted molar refractivity (Wildman–Crippen MR) is 64.0 cm³/mol. The average Bonchev–Trinajstić information content (AvgIpc) is 2.23. The first-order valence-electron chi connectivity index (χ1n) is 3.99. The Hall–Kier alpha value is -0.580. The molecule has 0 aliphatic carbocycles. The van der Waals surface area contributed by atoms with Crippen molar-refractivity contribution >= 4 is 33.8 Å². The second kappa shape index (κ2) is 7.68. The van der Waals surface area contributed by atoms with Crippen molar-refractivity contribution in [3.63, 3.8) is 0 Å². The van der Waals surface area contributed by atoms with Gasteiger partial charge in [0, 0.05) is 24.3 Å². The molecule has 0 saturated heterocycles. The number of ether oxygens (including phenoxy) is 2. The highest BCUT2D eigenvalue weighted by atomic mass is 79.9. The minimum Gasteiger partial charge on any atom is -0.495 e. The lowest BCUT2D eigenvalue weighted by Gasteiger charge is -2.04. The summed E-state index contributed by atoms with van der Waals surface area (Å²) in [7, 11) is 4.75. The van der Waals surface area contributed by atoms with Gasteiger partial charge in [0.2, 0.25) is 0 Å². The molecule has 0 amide bonds. The maximum absolute atomic E-state index is 10.4. The van der Waals surface area contributed by atoms with Crippen molar-refractivity contribution in [3.05, 3.63) is 27.2 Å². The first-order valence-corrected chi connectivity index (χ1v) is 5.16. The Morgan fingerprint density at radius 3 is 2.27 bits per heavy atom. The largest absolute Gasteiger partial charge is 0.495 e. The van der Waals surface area contributed by atoms with Crippen LogP contribution in [-0.2, 0) is 4.74 Å². The van der Waals surface area contributed by atoms with Gasteiger partial charge in [0.15, 0.2) is 0 Å². The van der Waals surface area contributed by atoms with Gasteiger partial charge in [-0.1, -0.05) is 11.6 Å². The Kier molecular flexibility index (Phi) is 7.38. The Morgan fingerprint density at radius 2 is 1.87 bits per heavy atom. The van der Waals surface area contributed by atoms with Crippen LogP contribution < -0.4 is 4.74 Å². The quantitative estimate of drug-likeness (QED) is 0.786. The van der Waals surface area contributed by atoms with E-state index in [0.29, 0.717) is 20.8 Å². The third kappa shape index (κ3) is 4.64. The Labute approximate surface area is 102 Å². The first-order chi connectivity index (χ1) is 7.10. The monoisotopic (exact) mass is 294 g/mol. The summed E-state index contributed by atoms with van der Waals surface area (Å²) in [5.74, 6) is 0.494. The number of hydrogen-bond donors (Lipinski definition) is 0. The summed E-state index contributed by atoms with van der Waals surface area (Å²) >= 11 is 9.04. The number of hydrogen-bond acceptors (Lipinski definition) is 3. The molecule has 0 unspecified atom stereocenters. The molecule has 0 saturated carbocycles. The molecule has 0 N–H and O–H groups in total. The molecule has 0 aliphatic heterocycles. The van der Waals surface area contributed by atoms with E-state index in [-0.39, 0.29) is 0 Å². The molecule has 1 rings (SSSR count). The number of halogens is 2. The van der Waals surface area contributed by atoms with Crippen LogP contribution in [0.5, 0.6) is 5.75 Å². The highest BCUT2D eigenvalue weighted by Gasteiger charge is 2.06. The second-order valence-electron chi connectivity index (χ2n) is 2.55. The average molecular weight is 296 g/mol. The van der Waals surface area contributed by atoms with Crippen molar-refractivity contribution in [2.24, 2.45) is 0 Å². The minimum absolute atomic E-state index is 0.475. The number of aldehydes is 1. The molecular formula is C10H12BrClO3. The lowest BCUT2D eigenvalue weighted by molar-refractivity contribution is 0.112. The molecule has 1 aromatic carbocycles. The molecule has 0 fully saturated rings. The van der Waals surface area contributed by atoms with Gasteiger partial charge in [0.25, 0.3) is 0 Å². The van der Waals surface area contributed by atoms with Crippen molar-refractivity contribution < 1.29 is 14.3 Å². The first kappa shape index (κ1) is 14.4. The molecule has 0 aliphatic rings. The third-order valence-corrected chi connectivity index (χ3v) is 2.62. The molecule has 0 aromatic heterocycles. The van der Waals surface area contributed by atoms with Crippen LogP contribution in [0.15, 0.2) is 16.6 Å². The standard InChI is InChI=1S/C8H6BrClO2.C2H6O/c1-12-7-3-5(4-11)2-6(9)8(7)10;1-3-2/h2-4H,1H3;1-2H3. The van der Waals surface area contributed by atoms with Gasteiger partial charge in [0.05, 0.1) is 12.1 Å². The van der Waals surface area contributed by atoms with Crippen LogP contribution in [0.25, 0.3) is 0 Å². The minimum atomic E-state index is 0.475. The van der Waals surface area contributed by atoms with E-state index in [9.17, 15) is 4.79 Å². The predicted octanol–water partition coefficient (Wildman–Crippen LogP) is 3.19. The van der Waals surface area contributed by atoms with Gasteiger partial charge in [0.1, 0.15) is 12.0 Å². The Balaban J connectivity index is 0.000000583. The summed E-state index contributed by atoms with van der Waals surface area (Å²) < 4.78 is 9.86. The van der Waals surface area contributed by atoms with E-state index >= 15 is 0 Å². The number of carbonyl (C=O) groups excluding carboxylic acids is 1. The molecule has 0 radical (unpaired) electrons. The number of benzene rings is 1. The summed E-state index contributed by atoms with van der Waals surface area (Å²) in [4.78, 5) is 10.4. The van der Waals surface area contributed by atoms with Crippen molar-refractivity contribution in [3.8, 4) is 5.75 Å². The van der Waals surface area contributed by atoms with Crippen LogP contribution in [0.2, 0.25) is 5.02 Å². The van der Waals surface area contributed by atoms with Crippen molar-refractivity contribution in [2.75, 3.05) is 21.3 Å². The summed E-state index contributed by atoms with van der Waals surface area (Å²) in [5.41, 5.74) is 0.531. The van der Waals surface area contributed by atoms with Gasteiger partial charge in [-0.2, -0.15) is 0 Å². The second-order valence-corrected chi connectivity index (χ2v) is 3.78. The van der Waals surface area contributed by atoms with Gasteiger partial charge in [-0.25, -0.2) is 0 Å². The van der Waals surface area contributed by atoms with E-state index in [4.69, 9.17) is 16.3 Å². The van der Waals surface area contributed by atoms with Crippen molar-refractivity contribution in [1.82, 2.24) is 0 Å². The third-order valence-electron chi connectivity index (χ3n) is 1.37. The fraction of sp³-hybridized carbons (Fsp3) is 0.300. The topological polar surface area (TPSA) is 35.5 Å². The van der Waals surface area contributed by atoms with Crippen LogP contribution in [0.3, 0.4) is 0 Å². The van der Waals surface area contributed by atoms with E-state index in [0.717, 1.165) is 6.29 Å². The molecule has 84 valence electrons. The highest BCUT2D eigenvalue weighted by Crippen LogP contribution is 2.32. The molecule has 0 spiro atoms. The summed E-state index contributed by atoms with van der Waals surface area (Å²) in [6.45, 7) is 0. The van der Waals surface area contributed by atoms with Crippen molar-refractivity contribution in [2.45, 2.75) is 0 Å². The lowest BCUT2D eigenvalue weighted by atomic mass is 10.2. The van der Waals surface area contributed by atoms with Gasteiger partial charge in [-0.15, -0.1) is 0 Å². The van der Waals surface area contributed by atoms with Crippen LogP contribution in [-0.4, -0.2) is 27.6 Å². The summed E-state index contributed by atoms with van der Waals surface area (Å²) in [5, 5.41) is 0.475. The van der Waals surface area contributed by atoms with Crippen LogP contribution in [0.4, 0.5) is 0 Å². The van der Waals surface area contributed by atoms with Crippen LogP contribution >= 0.6 is 27.5 Å². The molecule has 5 heteroatoms. The molecule has 0 bridgehead atoms. The molecule has 0 atom stereocenters. The van der Waals surface area contributed by atoms with E-state index in [1.54, 1.807) is 26.4 Å². The van der Waals surface area contributed by atoms with Crippen molar-refractivity contribution in [1.29, 1.82) is 0 Å². The fourth-order valence-electron chi connectivity index (χ4n) is 0.800.